The summed E-state index contributed by atoms with van der Waals surface area (Å²) in [6.45, 7) is 0. The Morgan fingerprint density at radius 2 is 2.24 bits per heavy atom. The van der Waals surface area contributed by atoms with Gasteiger partial charge in [0, 0.05) is 11.1 Å². The van der Waals surface area contributed by atoms with Gasteiger partial charge in [-0.05, 0) is 43.0 Å². The van der Waals surface area contributed by atoms with E-state index in [4.69, 9.17) is 10.6 Å². The van der Waals surface area contributed by atoms with Crippen LogP contribution in [0.2, 0.25) is 0 Å². The largest absolute Gasteiger partial charge is 0.497 e. The highest BCUT2D eigenvalue weighted by atomic mass is 16.5. The number of ether oxygens (including phenoxy) is 1. The molecule has 17 heavy (non-hydrogen) atoms. The number of aromatic nitrogens is 1. The minimum atomic E-state index is 0.828. The number of hydrogen-bond donors (Lipinski definition) is 2. The van der Waals surface area contributed by atoms with Crippen molar-refractivity contribution in [2.24, 2.45) is 5.84 Å². The first-order chi connectivity index (χ1) is 8.33. The summed E-state index contributed by atoms with van der Waals surface area (Å²) < 4.78 is 5.24. The quantitative estimate of drug-likeness (QED) is 0.611. The molecule has 0 saturated carbocycles. The number of fused-ring (bicyclic) bond motifs is 2. The molecule has 0 fully saturated rings. The van der Waals surface area contributed by atoms with Gasteiger partial charge < -0.3 is 10.2 Å². The first-order valence-electron chi connectivity index (χ1n) is 5.79. The van der Waals surface area contributed by atoms with Gasteiger partial charge in [0.25, 0.3) is 0 Å². The van der Waals surface area contributed by atoms with Gasteiger partial charge in [-0.1, -0.05) is 0 Å². The highest BCUT2D eigenvalue weighted by molar-refractivity contribution is 5.94. The molecule has 0 saturated heterocycles. The number of nitrogens with one attached hydrogen (secondary N) is 1. The number of aryl methyl sites for hydroxylation is 1. The lowest BCUT2D eigenvalue weighted by Gasteiger charge is -2.12. The van der Waals surface area contributed by atoms with Gasteiger partial charge in [-0.25, -0.2) is 0 Å². The SMILES string of the molecule is COc1ccc2nc3c(c(NN)c2c1)CCC3. The molecular formula is C13H15N3O. The fourth-order valence-corrected chi connectivity index (χ4v) is 2.53. The van der Waals surface area contributed by atoms with Crippen molar-refractivity contribution in [1.29, 1.82) is 0 Å². The van der Waals surface area contributed by atoms with Crippen molar-refractivity contribution in [1.82, 2.24) is 4.98 Å². The van der Waals surface area contributed by atoms with Crippen LogP contribution in [0.5, 0.6) is 5.75 Å². The Labute approximate surface area is 99.8 Å². The van der Waals surface area contributed by atoms with Gasteiger partial charge in [-0.3, -0.25) is 10.8 Å². The third-order valence-electron chi connectivity index (χ3n) is 3.36. The second-order valence-electron chi connectivity index (χ2n) is 4.29. The van der Waals surface area contributed by atoms with Crippen LogP contribution in [0.1, 0.15) is 17.7 Å². The van der Waals surface area contributed by atoms with Crippen molar-refractivity contribution in [2.75, 3.05) is 12.5 Å². The fourth-order valence-electron chi connectivity index (χ4n) is 2.53. The predicted octanol–water partition coefficient (Wildman–Crippen LogP) is 2.02. The monoisotopic (exact) mass is 229 g/mol. The number of rotatable bonds is 2. The topological polar surface area (TPSA) is 60.2 Å². The fraction of sp³-hybridized carbons (Fsp3) is 0.308. The van der Waals surface area contributed by atoms with E-state index in [1.807, 2.05) is 18.2 Å². The summed E-state index contributed by atoms with van der Waals surface area (Å²) in [5.41, 5.74) is 7.23. The molecule has 1 aliphatic rings. The Morgan fingerprint density at radius 1 is 1.35 bits per heavy atom. The summed E-state index contributed by atoms with van der Waals surface area (Å²) in [7, 11) is 1.66. The van der Waals surface area contributed by atoms with E-state index < -0.39 is 0 Å². The second kappa shape index (κ2) is 3.89. The summed E-state index contributed by atoms with van der Waals surface area (Å²) in [5, 5.41) is 1.03. The van der Waals surface area contributed by atoms with E-state index in [-0.39, 0.29) is 0 Å². The zero-order valence-electron chi connectivity index (χ0n) is 9.79. The Kier molecular flexibility index (Phi) is 2.37. The number of methoxy groups -OCH3 is 1. The van der Waals surface area contributed by atoms with Crippen LogP contribution >= 0.6 is 0 Å². The van der Waals surface area contributed by atoms with Gasteiger partial charge in [0.1, 0.15) is 5.75 Å². The minimum absolute atomic E-state index is 0.828. The molecule has 2 aromatic rings. The van der Waals surface area contributed by atoms with Crippen LogP contribution in [0.4, 0.5) is 5.69 Å². The minimum Gasteiger partial charge on any atom is -0.497 e. The van der Waals surface area contributed by atoms with Crippen LogP contribution in [0.25, 0.3) is 10.9 Å². The van der Waals surface area contributed by atoms with E-state index in [0.717, 1.165) is 41.6 Å². The molecular weight excluding hydrogens is 214 g/mol. The summed E-state index contributed by atoms with van der Waals surface area (Å²) in [4.78, 5) is 4.69. The third-order valence-corrected chi connectivity index (χ3v) is 3.36. The second-order valence-corrected chi connectivity index (χ2v) is 4.29. The zero-order chi connectivity index (χ0) is 11.8. The molecule has 0 radical (unpaired) electrons. The smallest absolute Gasteiger partial charge is 0.119 e. The Morgan fingerprint density at radius 3 is 3.00 bits per heavy atom. The standard InChI is InChI=1S/C13H15N3O/c1-17-8-5-6-12-10(7-8)13(16-14)9-3-2-4-11(9)15-12/h5-7H,2-4,14H2,1H3,(H,15,16). The molecule has 3 rings (SSSR count). The van der Waals surface area contributed by atoms with Gasteiger partial charge in [0.2, 0.25) is 0 Å². The van der Waals surface area contributed by atoms with Gasteiger partial charge >= 0.3 is 0 Å². The Bertz CT molecular complexity index is 580. The first kappa shape index (κ1) is 10.4. The summed E-state index contributed by atoms with van der Waals surface area (Å²) in [6.07, 6.45) is 3.26. The van der Waals surface area contributed by atoms with E-state index in [0.29, 0.717) is 0 Å². The van der Waals surface area contributed by atoms with Gasteiger partial charge in [-0.2, -0.15) is 0 Å². The average Bonchev–Trinajstić information content (AvgIpc) is 2.82. The number of hydrazine groups is 1. The van der Waals surface area contributed by atoms with Crippen LogP contribution in [0.3, 0.4) is 0 Å². The predicted molar refractivity (Wildman–Crippen MR) is 68.1 cm³/mol. The first-order valence-corrected chi connectivity index (χ1v) is 5.79. The van der Waals surface area contributed by atoms with E-state index in [9.17, 15) is 0 Å². The molecule has 0 amide bonds. The maximum Gasteiger partial charge on any atom is 0.119 e. The molecule has 3 N–H and O–H groups in total. The van der Waals surface area contributed by atoms with Crippen molar-refractivity contribution in [3.05, 3.63) is 29.5 Å². The van der Waals surface area contributed by atoms with E-state index in [2.05, 4.69) is 10.4 Å². The van der Waals surface area contributed by atoms with Crippen molar-refractivity contribution < 1.29 is 4.74 Å². The highest BCUT2D eigenvalue weighted by Crippen LogP contribution is 2.34. The lowest BCUT2D eigenvalue weighted by atomic mass is 10.1. The van der Waals surface area contributed by atoms with Crippen LogP contribution in [-0.2, 0) is 12.8 Å². The molecule has 4 heteroatoms. The van der Waals surface area contributed by atoms with Gasteiger partial charge in [0.15, 0.2) is 0 Å². The van der Waals surface area contributed by atoms with E-state index in [1.54, 1.807) is 7.11 Å². The highest BCUT2D eigenvalue weighted by Gasteiger charge is 2.19. The number of nitrogens with zero attached hydrogens (tertiary/aromatic N) is 1. The normalized spacial score (nSPS) is 13.8. The third kappa shape index (κ3) is 1.52. The zero-order valence-corrected chi connectivity index (χ0v) is 9.79. The molecule has 0 spiro atoms. The number of nitrogens with two attached hydrogens (primary N) is 1. The number of anilines is 1. The lowest BCUT2D eigenvalue weighted by molar-refractivity contribution is 0.415. The molecule has 4 nitrogen and oxygen atoms in total. The summed E-state index contributed by atoms with van der Waals surface area (Å²) >= 11 is 0. The maximum atomic E-state index is 5.66. The Hall–Kier alpha value is -1.81. The number of pyridine rings is 1. The number of hydrogen-bond acceptors (Lipinski definition) is 4. The number of benzene rings is 1. The van der Waals surface area contributed by atoms with Crippen molar-refractivity contribution >= 4 is 16.6 Å². The molecule has 0 aliphatic heterocycles. The van der Waals surface area contributed by atoms with Crippen molar-refractivity contribution in [3.63, 3.8) is 0 Å². The van der Waals surface area contributed by atoms with Crippen LogP contribution in [0, 0.1) is 0 Å². The van der Waals surface area contributed by atoms with Gasteiger partial charge in [-0.15, -0.1) is 0 Å². The molecule has 0 bridgehead atoms. The molecule has 88 valence electrons. The molecule has 1 aromatic carbocycles. The average molecular weight is 229 g/mol. The Balaban J connectivity index is 2.33. The van der Waals surface area contributed by atoms with E-state index >= 15 is 0 Å². The molecule has 0 atom stereocenters. The van der Waals surface area contributed by atoms with E-state index in [1.165, 1.54) is 11.3 Å². The van der Waals surface area contributed by atoms with Crippen LogP contribution in [-0.4, -0.2) is 12.1 Å². The van der Waals surface area contributed by atoms with Crippen molar-refractivity contribution in [2.45, 2.75) is 19.3 Å². The van der Waals surface area contributed by atoms with Crippen molar-refractivity contribution in [3.8, 4) is 5.75 Å². The molecule has 1 heterocycles. The molecule has 1 aliphatic carbocycles. The van der Waals surface area contributed by atoms with Crippen LogP contribution in [0.15, 0.2) is 18.2 Å². The molecule has 0 unspecified atom stereocenters. The lowest BCUT2D eigenvalue weighted by Crippen LogP contribution is -2.10. The molecule has 1 aromatic heterocycles. The summed E-state index contributed by atoms with van der Waals surface area (Å²) in [6, 6.07) is 5.89. The number of nitrogen functional groups attached to an aromatic ring is 1. The van der Waals surface area contributed by atoms with Crippen LogP contribution < -0.4 is 16.0 Å². The van der Waals surface area contributed by atoms with Gasteiger partial charge in [0.05, 0.1) is 18.3 Å². The maximum absolute atomic E-state index is 5.66. The summed E-state index contributed by atoms with van der Waals surface area (Å²) in [5.74, 6) is 6.49.